The van der Waals surface area contributed by atoms with E-state index in [1.54, 1.807) is 44.2 Å². The van der Waals surface area contributed by atoms with Gasteiger partial charge in [0.15, 0.2) is 0 Å². The first-order valence-corrected chi connectivity index (χ1v) is 12.8. The predicted molar refractivity (Wildman–Crippen MR) is 149 cm³/mol. The van der Waals surface area contributed by atoms with Crippen molar-refractivity contribution in [2.75, 3.05) is 45.3 Å². The van der Waals surface area contributed by atoms with Gasteiger partial charge >= 0.3 is 0 Å². The fourth-order valence-corrected chi connectivity index (χ4v) is 5.16. The number of pyridine rings is 2. The summed E-state index contributed by atoms with van der Waals surface area (Å²) in [6, 6.07) is 8.96. The SMILES string of the molecule is C=C(CN1C2CC1CN(c1ccc(-c3cc(OC[C@H](C)O)cn4ncc(C#N)c34)cn1)C2)N=CC(=NC)OC. The molecule has 0 radical (unpaired) electrons. The third kappa shape index (κ3) is 5.48. The average molecular weight is 529 g/mol. The second kappa shape index (κ2) is 11.2. The smallest absolute Gasteiger partial charge is 0.227 e. The Balaban J connectivity index is 1.29. The second-order valence-corrected chi connectivity index (χ2v) is 9.83. The summed E-state index contributed by atoms with van der Waals surface area (Å²) in [4.78, 5) is 17.9. The van der Waals surface area contributed by atoms with Crippen LogP contribution in [0.15, 0.2) is 59.1 Å². The Bertz CT molecular complexity index is 1440. The van der Waals surface area contributed by atoms with Crippen LogP contribution in [0.25, 0.3) is 16.6 Å². The number of methoxy groups -OCH3 is 1. The Morgan fingerprint density at radius 1 is 1.33 bits per heavy atom. The summed E-state index contributed by atoms with van der Waals surface area (Å²) in [5.41, 5.74) is 3.59. The van der Waals surface area contributed by atoms with Crippen LogP contribution in [-0.2, 0) is 4.74 Å². The highest BCUT2D eigenvalue weighted by Gasteiger charge is 2.44. The van der Waals surface area contributed by atoms with E-state index in [1.807, 2.05) is 24.4 Å². The molecular formula is C28H32N8O3. The molecule has 3 saturated heterocycles. The number of aliphatic imine (C=N–C) groups is 2. The normalized spacial score (nSPS) is 20.1. The quantitative estimate of drug-likeness (QED) is 0.332. The average Bonchev–Trinajstić information content (AvgIpc) is 3.38. The van der Waals surface area contributed by atoms with E-state index in [0.717, 1.165) is 42.2 Å². The van der Waals surface area contributed by atoms with Gasteiger partial charge in [-0.05, 0) is 31.5 Å². The molecule has 11 heteroatoms. The van der Waals surface area contributed by atoms with Crippen LogP contribution in [-0.4, -0.2) is 95.3 Å². The molecule has 3 aliphatic rings. The molecule has 3 aromatic rings. The molecule has 6 rings (SSSR count). The van der Waals surface area contributed by atoms with Gasteiger partial charge < -0.3 is 19.5 Å². The van der Waals surface area contributed by atoms with Gasteiger partial charge in [0, 0.05) is 61.8 Å². The summed E-state index contributed by atoms with van der Waals surface area (Å²) >= 11 is 0. The number of hydrogen-bond donors (Lipinski definition) is 1. The number of ether oxygens (including phenoxy) is 2. The summed E-state index contributed by atoms with van der Waals surface area (Å²) in [6.45, 7) is 8.39. The number of hydrogen-bond acceptors (Lipinski definition) is 10. The lowest BCUT2D eigenvalue weighted by atomic mass is 9.87. The van der Waals surface area contributed by atoms with E-state index in [0.29, 0.717) is 41.4 Å². The molecule has 0 aromatic carbocycles. The minimum Gasteiger partial charge on any atom is -0.489 e. The number of anilines is 1. The lowest BCUT2D eigenvalue weighted by molar-refractivity contribution is 0.00802. The van der Waals surface area contributed by atoms with Crippen LogP contribution in [0, 0.1) is 11.3 Å². The Kier molecular flexibility index (Phi) is 7.58. The first kappa shape index (κ1) is 26.3. The highest BCUT2D eigenvalue weighted by atomic mass is 16.5. The molecule has 3 atom stereocenters. The van der Waals surface area contributed by atoms with Gasteiger partial charge in [-0.15, -0.1) is 0 Å². The first-order valence-electron chi connectivity index (χ1n) is 12.8. The van der Waals surface area contributed by atoms with Crippen LogP contribution in [0.3, 0.4) is 0 Å². The third-order valence-electron chi connectivity index (χ3n) is 7.08. The molecule has 202 valence electrons. The molecule has 0 aliphatic carbocycles. The number of nitrogens with zero attached hydrogens (tertiary/aromatic N) is 8. The summed E-state index contributed by atoms with van der Waals surface area (Å²) in [5, 5.41) is 23.6. The Morgan fingerprint density at radius 2 is 2.13 bits per heavy atom. The van der Waals surface area contributed by atoms with Crippen molar-refractivity contribution in [3.8, 4) is 22.9 Å². The van der Waals surface area contributed by atoms with Crippen molar-refractivity contribution < 1.29 is 14.6 Å². The molecule has 2 bridgehead atoms. The lowest BCUT2D eigenvalue weighted by Crippen LogP contribution is -2.69. The van der Waals surface area contributed by atoms with Gasteiger partial charge in [-0.25, -0.2) is 9.50 Å². The summed E-state index contributed by atoms with van der Waals surface area (Å²) in [6.07, 6.45) is 7.23. The van der Waals surface area contributed by atoms with Crippen molar-refractivity contribution in [2.45, 2.75) is 31.5 Å². The van der Waals surface area contributed by atoms with E-state index in [2.05, 4.69) is 37.5 Å². The van der Waals surface area contributed by atoms with Crippen molar-refractivity contribution in [3.05, 3.63) is 54.6 Å². The Hall–Kier alpha value is -4.27. The maximum atomic E-state index is 9.63. The zero-order valence-electron chi connectivity index (χ0n) is 22.4. The number of piperidine rings is 1. The van der Waals surface area contributed by atoms with E-state index in [9.17, 15) is 10.4 Å². The van der Waals surface area contributed by atoms with Crippen LogP contribution in [0.5, 0.6) is 5.75 Å². The second-order valence-electron chi connectivity index (χ2n) is 9.83. The topological polar surface area (TPSA) is 124 Å². The van der Waals surface area contributed by atoms with Crippen molar-refractivity contribution in [3.63, 3.8) is 0 Å². The number of aliphatic hydroxyl groups is 1. The molecule has 2 unspecified atom stereocenters. The zero-order chi connectivity index (χ0) is 27.5. The van der Waals surface area contributed by atoms with Gasteiger partial charge in [0.05, 0.1) is 42.9 Å². The van der Waals surface area contributed by atoms with Gasteiger partial charge in [0.2, 0.25) is 5.90 Å². The third-order valence-corrected chi connectivity index (χ3v) is 7.08. The van der Waals surface area contributed by atoms with Crippen molar-refractivity contribution in [1.29, 1.82) is 5.26 Å². The fourth-order valence-electron chi connectivity index (χ4n) is 5.16. The fraction of sp³-hybridized carbons (Fsp3) is 0.393. The Labute approximate surface area is 227 Å². The number of nitriles is 1. The molecule has 3 aromatic heterocycles. The van der Waals surface area contributed by atoms with E-state index >= 15 is 0 Å². The van der Waals surface area contributed by atoms with E-state index < -0.39 is 6.10 Å². The first-order chi connectivity index (χ1) is 18.9. The predicted octanol–water partition coefficient (Wildman–Crippen LogP) is 2.55. The molecule has 0 amide bonds. The lowest BCUT2D eigenvalue weighted by Gasteiger charge is -2.56. The minimum absolute atomic E-state index is 0.156. The van der Waals surface area contributed by atoms with Gasteiger partial charge in [0.25, 0.3) is 0 Å². The largest absolute Gasteiger partial charge is 0.489 e. The Morgan fingerprint density at radius 3 is 2.77 bits per heavy atom. The number of aromatic nitrogens is 3. The highest BCUT2D eigenvalue weighted by Crippen LogP contribution is 2.36. The van der Waals surface area contributed by atoms with Crippen molar-refractivity contribution in [1.82, 2.24) is 19.5 Å². The van der Waals surface area contributed by atoms with Crippen LogP contribution in [0.1, 0.15) is 18.9 Å². The molecular weight excluding hydrogens is 496 g/mol. The van der Waals surface area contributed by atoms with E-state index in [4.69, 9.17) is 14.5 Å². The minimum atomic E-state index is -0.603. The summed E-state index contributed by atoms with van der Waals surface area (Å²) in [5.74, 6) is 1.94. The molecule has 39 heavy (non-hydrogen) atoms. The summed E-state index contributed by atoms with van der Waals surface area (Å²) in [7, 11) is 3.23. The van der Waals surface area contributed by atoms with Gasteiger partial charge in [-0.3, -0.25) is 14.9 Å². The number of rotatable bonds is 9. The molecule has 3 aliphatic heterocycles. The standard InChI is InChI=1S/C28H32N8O3/c1-18(31-12-27(30-3)38-4)13-35-22-7-23(35)15-34(14-22)26-6-5-20(10-32-26)25-8-24(39-17-19(2)37)16-36-28(25)21(9-29)11-33-36/h5-6,8,10-12,16,19,22-23,37H,1,7,13-15,17H2,2-4H3/t19-,22?,23?/m0/s1. The van der Waals surface area contributed by atoms with Crippen LogP contribution in [0.4, 0.5) is 5.82 Å². The van der Waals surface area contributed by atoms with Gasteiger partial charge in [0.1, 0.15) is 24.2 Å². The molecule has 0 saturated carbocycles. The van der Waals surface area contributed by atoms with Gasteiger partial charge in [-0.1, -0.05) is 6.58 Å². The number of fused-ring (bicyclic) bond motifs is 3. The van der Waals surface area contributed by atoms with Crippen molar-refractivity contribution >= 4 is 23.4 Å². The number of piperazine rings is 1. The molecule has 6 heterocycles. The van der Waals surface area contributed by atoms with Crippen LogP contribution >= 0.6 is 0 Å². The summed E-state index contributed by atoms with van der Waals surface area (Å²) < 4.78 is 12.5. The monoisotopic (exact) mass is 528 g/mol. The molecule has 0 spiro atoms. The maximum Gasteiger partial charge on any atom is 0.227 e. The highest BCUT2D eigenvalue weighted by molar-refractivity contribution is 6.26. The van der Waals surface area contributed by atoms with Crippen LogP contribution < -0.4 is 9.64 Å². The zero-order valence-corrected chi connectivity index (χ0v) is 22.4. The van der Waals surface area contributed by atoms with Gasteiger partial charge in [-0.2, -0.15) is 10.4 Å². The van der Waals surface area contributed by atoms with Crippen molar-refractivity contribution in [2.24, 2.45) is 9.98 Å². The van der Waals surface area contributed by atoms with E-state index in [-0.39, 0.29) is 6.61 Å². The number of aliphatic hydroxyl groups excluding tert-OH is 1. The molecule has 1 N–H and O–H groups in total. The maximum absolute atomic E-state index is 9.63. The molecule has 11 nitrogen and oxygen atoms in total. The molecule has 3 fully saturated rings. The van der Waals surface area contributed by atoms with E-state index in [1.165, 1.54) is 0 Å². The van der Waals surface area contributed by atoms with Crippen LogP contribution in [0.2, 0.25) is 0 Å².